The van der Waals surface area contributed by atoms with Gasteiger partial charge in [-0.25, -0.2) is 4.79 Å². The largest absolute Gasteiger partial charge is 0.465 e. The number of benzene rings is 1. The monoisotopic (exact) mass is 294 g/mol. The highest BCUT2D eigenvalue weighted by Crippen LogP contribution is 2.21. The Balaban J connectivity index is 1.67. The van der Waals surface area contributed by atoms with Gasteiger partial charge in [-0.2, -0.15) is 0 Å². The van der Waals surface area contributed by atoms with Crippen LogP contribution in [0.5, 0.6) is 0 Å². The second-order valence-corrected chi connectivity index (χ2v) is 6.04. The van der Waals surface area contributed by atoms with Crippen LogP contribution in [0.2, 0.25) is 0 Å². The summed E-state index contributed by atoms with van der Waals surface area (Å²) in [6, 6.07) is 8.47. The fraction of sp³-hybridized carbons (Fsp3) is 0.533. The molecule has 1 aliphatic heterocycles. The van der Waals surface area contributed by atoms with E-state index in [9.17, 15) is 4.79 Å². The van der Waals surface area contributed by atoms with Crippen molar-refractivity contribution in [2.45, 2.75) is 24.2 Å². The maximum Gasteiger partial charge on any atom is 0.407 e. The molecule has 1 saturated heterocycles. The van der Waals surface area contributed by atoms with E-state index < -0.39 is 6.09 Å². The van der Waals surface area contributed by atoms with Gasteiger partial charge in [-0.1, -0.05) is 0 Å². The number of hydrogen-bond donors (Lipinski definition) is 2. The Morgan fingerprint density at radius 2 is 2.00 bits per heavy atom. The lowest BCUT2D eigenvalue weighted by Crippen LogP contribution is -2.37. The summed E-state index contributed by atoms with van der Waals surface area (Å²) < 4.78 is 0. The number of likely N-dealkylation sites (tertiary alicyclic amines) is 1. The molecule has 0 saturated carbocycles. The van der Waals surface area contributed by atoms with Crippen molar-refractivity contribution in [3.63, 3.8) is 0 Å². The van der Waals surface area contributed by atoms with Gasteiger partial charge < -0.3 is 15.3 Å². The second-order valence-electron chi connectivity index (χ2n) is 5.16. The number of thioether (sulfide) groups is 1. The Labute approximate surface area is 124 Å². The summed E-state index contributed by atoms with van der Waals surface area (Å²) >= 11 is 1.75. The minimum absolute atomic E-state index is 0.642. The van der Waals surface area contributed by atoms with Gasteiger partial charge in [0.05, 0.1) is 0 Å². The van der Waals surface area contributed by atoms with Crippen LogP contribution in [-0.2, 0) is 0 Å². The molecule has 5 heteroatoms. The molecule has 0 aliphatic carbocycles. The number of piperidine rings is 1. The molecule has 1 fully saturated rings. The molecule has 2 N–H and O–H groups in total. The van der Waals surface area contributed by atoms with Gasteiger partial charge >= 0.3 is 6.09 Å². The number of nitrogens with zero attached hydrogens (tertiary/aromatic N) is 1. The fourth-order valence-corrected chi connectivity index (χ4v) is 2.95. The van der Waals surface area contributed by atoms with E-state index in [1.807, 2.05) is 0 Å². The van der Waals surface area contributed by atoms with Gasteiger partial charge in [-0.05, 0) is 55.7 Å². The van der Waals surface area contributed by atoms with E-state index >= 15 is 0 Å². The molecule has 0 atom stereocenters. The first kappa shape index (κ1) is 15.0. The highest BCUT2D eigenvalue weighted by Gasteiger charge is 2.21. The Morgan fingerprint density at radius 3 is 2.55 bits per heavy atom. The Kier molecular flexibility index (Phi) is 5.59. The van der Waals surface area contributed by atoms with E-state index in [0.717, 1.165) is 31.5 Å². The zero-order chi connectivity index (χ0) is 14.4. The highest BCUT2D eigenvalue weighted by atomic mass is 32.2. The molecule has 0 unspecified atom stereocenters. The molecule has 20 heavy (non-hydrogen) atoms. The minimum Gasteiger partial charge on any atom is -0.465 e. The van der Waals surface area contributed by atoms with Crippen molar-refractivity contribution >= 4 is 23.5 Å². The normalized spacial score (nSPS) is 16.1. The molecule has 1 aliphatic rings. The third-order valence-corrected chi connectivity index (χ3v) is 4.60. The lowest BCUT2D eigenvalue weighted by Gasteiger charge is -2.30. The third kappa shape index (κ3) is 4.34. The second kappa shape index (κ2) is 7.43. The Morgan fingerprint density at radius 1 is 1.35 bits per heavy atom. The first-order valence-electron chi connectivity index (χ1n) is 7.05. The van der Waals surface area contributed by atoms with Crippen LogP contribution in [-0.4, -0.2) is 42.0 Å². The predicted molar refractivity (Wildman–Crippen MR) is 83.7 cm³/mol. The number of anilines is 1. The van der Waals surface area contributed by atoms with Crippen LogP contribution in [0.1, 0.15) is 19.3 Å². The predicted octanol–water partition coefficient (Wildman–Crippen LogP) is 3.60. The standard InChI is InChI=1S/C15H22N2O2S/c1-20-14-4-2-13(3-5-14)16-9-6-12-7-10-17(11-8-12)15(18)19/h2-5,12,16H,6-11H2,1H3,(H,18,19). The van der Waals surface area contributed by atoms with Crippen molar-refractivity contribution in [2.24, 2.45) is 5.92 Å². The van der Waals surface area contributed by atoms with Crippen LogP contribution < -0.4 is 5.32 Å². The topological polar surface area (TPSA) is 52.6 Å². The zero-order valence-corrected chi connectivity index (χ0v) is 12.7. The van der Waals surface area contributed by atoms with Gasteiger partial charge in [0.15, 0.2) is 0 Å². The highest BCUT2D eigenvalue weighted by molar-refractivity contribution is 7.98. The van der Waals surface area contributed by atoms with Gasteiger partial charge in [-0.3, -0.25) is 0 Å². The van der Waals surface area contributed by atoms with Gasteiger partial charge in [0, 0.05) is 30.2 Å². The molecule has 1 aromatic rings. The maximum absolute atomic E-state index is 10.8. The van der Waals surface area contributed by atoms with Crippen molar-refractivity contribution in [1.82, 2.24) is 4.90 Å². The van der Waals surface area contributed by atoms with Crippen LogP contribution in [0.3, 0.4) is 0 Å². The number of carboxylic acid groups (broad SMARTS) is 1. The van der Waals surface area contributed by atoms with Crippen molar-refractivity contribution < 1.29 is 9.90 Å². The Hall–Kier alpha value is -1.36. The molecular weight excluding hydrogens is 272 g/mol. The minimum atomic E-state index is -0.782. The molecule has 1 amide bonds. The first-order valence-corrected chi connectivity index (χ1v) is 8.27. The zero-order valence-electron chi connectivity index (χ0n) is 11.8. The smallest absolute Gasteiger partial charge is 0.407 e. The molecular formula is C15H22N2O2S. The molecule has 1 aromatic carbocycles. The summed E-state index contributed by atoms with van der Waals surface area (Å²) in [4.78, 5) is 13.6. The van der Waals surface area contributed by atoms with Crippen molar-refractivity contribution in [3.05, 3.63) is 24.3 Å². The summed E-state index contributed by atoms with van der Waals surface area (Å²) in [7, 11) is 0. The van der Waals surface area contributed by atoms with Crippen LogP contribution >= 0.6 is 11.8 Å². The van der Waals surface area contributed by atoms with Crippen molar-refractivity contribution in [3.8, 4) is 0 Å². The van der Waals surface area contributed by atoms with Gasteiger partial charge in [0.25, 0.3) is 0 Å². The van der Waals surface area contributed by atoms with Crippen LogP contribution in [0, 0.1) is 5.92 Å². The summed E-state index contributed by atoms with van der Waals surface area (Å²) in [6.45, 7) is 2.32. The molecule has 110 valence electrons. The quantitative estimate of drug-likeness (QED) is 0.815. The molecule has 0 spiro atoms. The van der Waals surface area contributed by atoms with E-state index in [1.54, 1.807) is 11.8 Å². The summed E-state index contributed by atoms with van der Waals surface area (Å²) in [5, 5.41) is 12.3. The third-order valence-electron chi connectivity index (χ3n) is 3.86. The van der Waals surface area contributed by atoms with Gasteiger partial charge in [-0.15, -0.1) is 11.8 Å². The molecule has 0 bridgehead atoms. The van der Waals surface area contributed by atoms with Crippen LogP contribution in [0.4, 0.5) is 10.5 Å². The summed E-state index contributed by atoms with van der Waals surface area (Å²) in [6.07, 6.45) is 4.37. The lowest BCUT2D eigenvalue weighted by atomic mass is 9.94. The first-order chi connectivity index (χ1) is 9.69. The van der Waals surface area contributed by atoms with Crippen molar-refractivity contribution in [1.29, 1.82) is 0 Å². The molecule has 0 radical (unpaired) electrons. The molecule has 4 nitrogen and oxygen atoms in total. The van der Waals surface area contributed by atoms with E-state index in [-0.39, 0.29) is 0 Å². The van der Waals surface area contributed by atoms with Gasteiger partial charge in [0.1, 0.15) is 0 Å². The maximum atomic E-state index is 10.8. The average molecular weight is 294 g/mol. The molecule has 1 heterocycles. The number of nitrogens with one attached hydrogen (secondary N) is 1. The number of carbonyl (C=O) groups is 1. The number of hydrogen-bond acceptors (Lipinski definition) is 3. The number of rotatable bonds is 5. The van der Waals surface area contributed by atoms with Crippen LogP contribution in [0.25, 0.3) is 0 Å². The van der Waals surface area contributed by atoms with E-state index in [2.05, 4.69) is 35.8 Å². The van der Waals surface area contributed by atoms with Gasteiger partial charge in [0.2, 0.25) is 0 Å². The molecule has 2 rings (SSSR count). The Bertz CT molecular complexity index is 428. The summed E-state index contributed by atoms with van der Waals surface area (Å²) in [5.41, 5.74) is 1.16. The lowest BCUT2D eigenvalue weighted by molar-refractivity contribution is 0.123. The molecule has 0 aromatic heterocycles. The average Bonchev–Trinajstić information content (AvgIpc) is 2.48. The van der Waals surface area contributed by atoms with Crippen LogP contribution in [0.15, 0.2) is 29.2 Å². The number of amides is 1. The van der Waals surface area contributed by atoms with E-state index in [4.69, 9.17) is 5.11 Å². The van der Waals surface area contributed by atoms with Crippen molar-refractivity contribution in [2.75, 3.05) is 31.2 Å². The summed E-state index contributed by atoms with van der Waals surface area (Å²) in [5.74, 6) is 0.642. The van der Waals surface area contributed by atoms with E-state index in [0.29, 0.717) is 19.0 Å². The SMILES string of the molecule is CSc1ccc(NCCC2CCN(C(=O)O)CC2)cc1. The van der Waals surface area contributed by atoms with E-state index in [1.165, 1.54) is 9.80 Å². The fourth-order valence-electron chi connectivity index (χ4n) is 2.54.